The van der Waals surface area contributed by atoms with Gasteiger partial charge in [0, 0.05) is 17.7 Å². The summed E-state index contributed by atoms with van der Waals surface area (Å²) in [7, 11) is 0. The number of carbonyl (C=O) groups is 2. The molecule has 122 valence electrons. The normalized spacial score (nSPS) is 12.0. The van der Waals surface area contributed by atoms with E-state index in [1.165, 1.54) is 0 Å². The summed E-state index contributed by atoms with van der Waals surface area (Å²) in [5.74, 6) is -0.177. The molecular formula is C17H21N3O3. The third kappa shape index (κ3) is 4.42. The minimum Gasteiger partial charge on any atom is -0.355 e. The van der Waals surface area contributed by atoms with Gasteiger partial charge in [0.2, 0.25) is 5.91 Å². The van der Waals surface area contributed by atoms with Crippen molar-refractivity contribution >= 4 is 11.8 Å². The first-order chi connectivity index (χ1) is 10.9. The van der Waals surface area contributed by atoms with Crippen molar-refractivity contribution in [3.05, 3.63) is 41.6 Å². The maximum atomic E-state index is 12.1. The molecule has 0 radical (unpaired) electrons. The number of amides is 2. The van der Waals surface area contributed by atoms with Gasteiger partial charge in [0.1, 0.15) is 6.04 Å². The van der Waals surface area contributed by atoms with Gasteiger partial charge in [-0.1, -0.05) is 35.0 Å². The molecular weight excluding hydrogens is 294 g/mol. The third-order valence-corrected chi connectivity index (χ3v) is 3.25. The molecule has 0 aliphatic heterocycles. The Morgan fingerprint density at radius 2 is 1.74 bits per heavy atom. The number of nitrogens with one attached hydrogen (secondary N) is 2. The summed E-state index contributed by atoms with van der Waals surface area (Å²) in [5.41, 5.74) is 2.12. The highest BCUT2D eigenvalue weighted by atomic mass is 16.5. The molecule has 0 saturated heterocycles. The molecule has 0 saturated carbocycles. The van der Waals surface area contributed by atoms with Crippen molar-refractivity contribution in [1.29, 1.82) is 0 Å². The first-order valence-electron chi connectivity index (χ1n) is 7.52. The minimum atomic E-state index is -0.649. The van der Waals surface area contributed by atoms with Gasteiger partial charge in [-0.05, 0) is 27.7 Å². The molecule has 1 aromatic heterocycles. The van der Waals surface area contributed by atoms with Crippen LogP contribution in [-0.2, 0) is 4.79 Å². The maximum absolute atomic E-state index is 12.1. The number of hydrogen-bond acceptors (Lipinski definition) is 4. The van der Waals surface area contributed by atoms with Crippen LogP contribution in [0.15, 0.2) is 34.9 Å². The summed E-state index contributed by atoms with van der Waals surface area (Å²) < 4.78 is 5.21. The lowest BCUT2D eigenvalue weighted by Gasteiger charge is -2.15. The predicted molar refractivity (Wildman–Crippen MR) is 86.9 cm³/mol. The van der Waals surface area contributed by atoms with E-state index in [9.17, 15) is 9.59 Å². The van der Waals surface area contributed by atoms with Gasteiger partial charge < -0.3 is 15.2 Å². The van der Waals surface area contributed by atoms with E-state index < -0.39 is 11.9 Å². The van der Waals surface area contributed by atoms with Crippen LogP contribution in [0.4, 0.5) is 0 Å². The highest BCUT2D eigenvalue weighted by Crippen LogP contribution is 2.20. The largest absolute Gasteiger partial charge is 0.355 e. The van der Waals surface area contributed by atoms with Crippen LogP contribution in [-0.4, -0.2) is 29.1 Å². The maximum Gasteiger partial charge on any atom is 0.274 e. The molecule has 0 fully saturated rings. The molecule has 6 nitrogen and oxygen atoms in total. The van der Waals surface area contributed by atoms with Gasteiger partial charge in [-0.15, -0.1) is 0 Å². The van der Waals surface area contributed by atoms with E-state index in [0.717, 1.165) is 11.1 Å². The SMILES string of the molecule is Cc1ccc(-c2cc(C(=O)NC(C)C(=O)NC(C)C)no2)cc1. The first kappa shape index (κ1) is 16.7. The van der Waals surface area contributed by atoms with Gasteiger partial charge in [-0.2, -0.15) is 0 Å². The van der Waals surface area contributed by atoms with E-state index in [1.807, 2.05) is 45.0 Å². The number of aromatic nitrogens is 1. The van der Waals surface area contributed by atoms with Gasteiger partial charge in [0.15, 0.2) is 11.5 Å². The standard InChI is InChI=1S/C17H21N3O3/c1-10(2)18-16(21)12(4)19-17(22)14-9-15(23-20-14)13-7-5-11(3)6-8-13/h5-10,12H,1-4H3,(H,18,21)(H,19,22). The van der Waals surface area contributed by atoms with Crippen LogP contribution < -0.4 is 10.6 Å². The van der Waals surface area contributed by atoms with Crippen molar-refractivity contribution in [1.82, 2.24) is 15.8 Å². The number of nitrogens with zero attached hydrogens (tertiary/aromatic N) is 1. The molecule has 2 rings (SSSR count). The van der Waals surface area contributed by atoms with E-state index in [4.69, 9.17) is 4.52 Å². The second kappa shape index (κ2) is 7.09. The van der Waals surface area contributed by atoms with Crippen molar-refractivity contribution in [2.24, 2.45) is 0 Å². The molecule has 2 aromatic rings. The summed E-state index contributed by atoms with van der Waals surface area (Å²) in [6.07, 6.45) is 0. The number of aryl methyl sites for hydroxylation is 1. The van der Waals surface area contributed by atoms with E-state index in [-0.39, 0.29) is 17.6 Å². The van der Waals surface area contributed by atoms with Crippen molar-refractivity contribution in [3.8, 4) is 11.3 Å². The van der Waals surface area contributed by atoms with Crippen LogP contribution in [0.2, 0.25) is 0 Å². The lowest BCUT2D eigenvalue weighted by atomic mass is 10.1. The van der Waals surface area contributed by atoms with Crippen molar-refractivity contribution < 1.29 is 14.1 Å². The molecule has 23 heavy (non-hydrogen) atoms. The van der Waals surface area contributed by atoms with Gasteiger partial charge in [-0.3, -0.25) is 9.59 Å². The van der Waals surface area contributed by atoms with E-state index in [0.29, 0.717) is 5.76 Å². The number of carbonyl (C=O) groups excluding carboxylic acids is 2. The summed E-state index contributed by atoms with van der Waals surface area (Å²) in [6, 6.07) is 8.64. The Balaban J connectivity index is 2.03. The third-order valence-electron chi connectivity index (χ3n) is 3.25. The minimum absolute atomic E-state index is 0.0158. The van der Waals surface area contributed by atoms with Gasteiger partial charge >= 0.3 is 0 Å². The topological polar surface area (TPSA) is 84.2 Å². The zero-order valence-corrected chi connectivity index (χ0v) is 13.7. The number of hydrogen-bond donors (Lipinski definition) is 2. The molecule has 0 aliphatic carbocycles. The molecule has 0 aliphatic rings. The summed E-state index contributed by atoms with van der Waals surface area (Å²) >= 11 is 0. The van der Waals surface area contributed by atoms with Gasteiger partial charge in [0.25, 0.3) is 5.91 Å². The monoisotopic (exact) mass is 315 g/mol. The molecule has 1 atom stereocenters. The molecule has 1 unspecified atom stereocenters. The predicted octanol–water partition coefficient (Wildman–Crippen LogP) is 2.29. The van der Waals surface area contributed by atoms with E-state index in [2.05, 4.69) is 15.8 Å². The highest BCUT2D eigenvalue weighted by molar-refractivity contribution is 5.96. The lowest BCUT2D eigenvalue weighted by molar-refractivity contribution is -0.123. The van der Waals surface area contributed by atoms with Crippen molar-refractivity contribution in [2.45, 2.75) is 39.8 Å². The fourth-order valence-corrected chi connectivity index (χ4v) is 1.98. The second-order valence-corrected chi connectivity index (χ2v) is 5.80. The van der Waals surface area contributed by atoms with Gasteiger partial charge in [-0.25, -0.2) is 0 Å². The van der Waals surface area contributed by atoms with Crippen LogP contribution in [0.5, 0.6) is 0 Å². The average molecular weight is 315 g/mol. The molecule has 2 amide bonds. The Labute approximate surface area is 135 Å². The summed E-state index contributed by atoms with van der Waals surface area (Å²) in [5, 5.41) is 9.11. The number of rotatable bonds is 5. The summed E-state index contributed by atoms with van der Waals surface area (Å²) in [6.45, 7) is 7.33. The van der Waals surface area contributed by atoms with Crippen LogP contribution >= 0.6 is 0 Å². The van der Waals surface area contributed by atoms with Crippen LogP contribution in [0.25, 0.3) is 11.3 Å². The highest BCUT2D eigenvalue weighted by Gasteiger charge is 2.20. The Morgan fingerprint density at radius 1 is 1.09 bits per heavy atom. The Hall–Kier alpha value is -2.63. The van der Waals surface area contributed by atoms with Crippen molar-refractivity contribution in [2.75, 3.05) is 0 Å². The van der Waals surface area contributed by atoms with Crippen molar-refractivity contribution in [3.63, 3.8) is 0 Å². The van der Waals surface area contributed by atoms with Crippen LogP contribution in [0.3, 0.4) is 0 Å². The average Bonchev–Trinajstić information content (AvgIpc) is 2.97. The molecule has 2 N–H and O–H groups in total. The fraction of sp³-hybridized carbons (Fsp3) is 0.353. The molecule has 1 heterocycles. The fourth-order valence-electron chi connectivity index (χ4n) is 1.98. The van der Waals surface area contributed by atoms with Crippen LogP contribution in [0, 0.1) is 6.92 Å². The Bertz CT molecular complexity index is 689. The quantitative estimate of drug-likeness (QED) is 0.886. The zero-order valence-electron chi connectivity index (χ0n) is 13.7. The molecule has 1 aromatic carbocycles. The smallest absolute Gasteiger partial charge is 0.274 e. The molecule has 0 bridgehead atoms. The number of benzene rings is 1. The molecule has 0 spiro atoms. The molecule has 6 heteroatoms. The van der Waals surface area contributed by atoms with E-state index in [1.54, 1.807) is 13.0 Å². The Kier molecular flexibility index (Phi) is 5.16. The second-order valence-electron chi connectivity index (χ2n) is 5.80. The summed E-state index contributed by atoms with van der Waals surface area (Å²) in [4.78, 5) is 23.9. The van der Waals surface area contributed by atoms with E-state index >= 15 is 0 Å². The lowest BCUT2D eigenvalue weighted by Crippen LogP contribution is -2.46. The van der Waals surface area contributed by atoms with Gasteiger partial charge in [0.05, 0.1) is 0 Å². The zero-order chi connectivity index (χ0) is 17.0. The van der Waals surface area contributed by atoms with Crippen LogP contribution in [0.1, 0.15) is 36.8 Å². The Morgan fingerprint density at radius 3 is 2.35 bits per heavy atom. The first-order valence-corrected chi connectivity index (χ1v) is 7.52.